The van der Waals surface area contributed by atoms with Gasteiger partial charge in [-0.3, -0.25) is 0 Å². The molecule has 2 aromatic rings. The van der Waals surface area contributed by atoms with Crippen LogP contribution in [-0.2, 0) is 9.16 Å². The minimum Gasteiger partial charge on any atom is -0.407 e. The Balaban J connectivity index is 1.75. The minimum absolute atomic E-state index is 0.00424. The molecule has 0 heterocycles. The Labute approximate surface area is 185 Å². The number of benzene rings is 2. The lowest BCUT2D eigenvalue weighted by Gasteiger charge is -2.44. The minimum atomic E-state index is -2.48. The van der Waals surface area contributed by atoms with Gasteiger partial charge in [-0.25, -0.2) is 0 Å². The highest BCUT2D eigenvalue weighted by Gasteiger charge is 2.50. The van der Waals surface area contributed by atoms with Gasteiger partial charge in [-0.1, -0.05) is 81.4 Å². The molecule has 0 aromatic heterocycles. The molecule has 3 rings (SSSR count). The summed E-state index contributed by atoms with van der Waals surface area (Å²) in [6.07, 6.45) is 2.67. The van der Waals surface area contributed by atoms with Gasteiger partial charge in [-0.05, 0) is 53.9 Å². The first-order valence-electron chi connectivity index (χ1n) is 11.7. The largest absolute Gasteiger partial charge is 0.407 e. The Morgan fingerprint density at radius 1 is 0.967 bits per heavy atom. The molecular formula is C26H38O3Si. The summed E-state index contributed by atoms with van der Waals surface area (Å²) in [5.74, 6) is 0.512. The molecule has 2 aromatic carbocycles. The van der Waals surface area contributed by atoms with E-state index in [9.17, 15) is 5.11 Å². The summed E-state index contributed by atoms with van der Waals surface area (Å²) in [5.41, 5.74) is 0. The van der Waals surface area contributed by atoms with Gasteiger partial charge in [0, 0.05) is 6.61 Å². The lowest BCUT2D eigenvalue weighted by molar-refractivity contribution is -0.0270. The molecule has 0 saturated heterocycles. The first kappa shape index (κ1) is 21.8. The molecule has 1 fully saturated rings. The average molecular weight is 428 g/mol. The Hall–Kier alpha value is -1.46. The third-order valence-corrected chi connectivity index (χ3v) is 11.3. The van der Waals surface area contributed by atoms with Gasteiger partial charge in [0.15, 0.2) is 0 Å². The summed E-state index contributed by atoms with van der Waals surface area (Å²) in [4.78, 5) is 0. The van der Waals surface area contributed by atoms with E-state index in [1.165, 1.54) is 17.3 Å². The van der Waals surface area contributed by atoms with Crippen LogP contribution in [0.2, 0.25) is 5.04 Å². The molecule has 164 valence electrons. The van der Waals surface area contributed by atoms with Crippen LogP contribution in [0.1, 0.15) is 54.7 Å². The second-order valence-electron chi connectivity index (χ2n) is 9.66. The van der Waals surface area contributed by atoms with Gasteiger partial charge < -0.3 is 14.3 Å². The van der Waals surface area contributed by atoms with Crippen LogP contribution in [0.4, 0.5) is 0 Å². The topological polar surface area (TPSA) is 38.7 Å². The van der Waals surface area contributed by atoms with Crippen LogP contribution in [0.25, 0.3) is 0 Å². The van der Waals surface area contributed by atoms with Crippen LogP contribution < -0.4 is 10.4 Å². The number of ether oxygens (including phenoxy) is 1. The van der Waals surface area contributed by atoms with Crippen molar-refractivity contribution in [2.24, 2.45) is 5.92 Å². The predicted molar refractivity (Wildman–Crippen MR) is 127 cm³/mol. The summed E-state index contributed by atoms with van der Waals surface area (Å²) >= 11 is 0. The lowest BCUT2D eigenvalue weighted by Crippen LogP contribution is -2.67. The van der Waals surface area contributed by atoms with Crippen molar-refractivity contribution in [1.82, 2.24) is 0 Å². The first-order valence-corrected chi connectivity index (χ1v) is 13.1. The summed E-state index contributed by atoms with van der Waals surface area (Å²) in [6, 6.07) is 21.6. The van der Waals surface area contributed by atoms with Gasteiger partial charge in [0.05, 0.1) is 20.2 Å². The normalized spacial score (nSPS) is 22.9. The third-order valence-electron chi connectivity index (χ3n) is 6.27. The van der Waals surface area contributed by atoms with E-state index in [0.29, 0.717) is 5.92 Å². The molecule has 1 unspecified atom stereocenters. The zero-order valence-corrected chi connectivity index (χ0v) is 19.9. The maximum absolute atomic E-state index is 9.59. The van der Waals surface area contributed by atoms with E-state index in [1.807, 2.05) is 0 Å². The number of hydrogen-bond acceptors (Lipinski definition) is 3. The summed E-state index contributed by atoms with van der Waals surface area (Å²) in [6.45, 7) is 9.25. The molecule has 3 nitrogen and oxygen atoms in total. The summed E-state index contributed by atoms with van der Waals surface area (Å²) in [5, 5.41) is 12.2. The van der Waals surface area contributed by atoms with Crippen LogP contribution in [0.3, 0.4) is 0 Å². The predicted octanol–water partition coefficient (Wildman–Crippen LogP) is 4.52. The molecule has 0 aliphatic heterocycles. The molecule has 1 saturated carbocycles. The Morgan fingerprint density at radius 2 is 1.47 bits per heavy atom. The van der Waals surface area contributed by atoms with Gasteiger partial charge in [0.2, 0.25) is 0 Å². The van der Waals surface area contributed by atoms with Crippen LogP contribution in [-0.4, -0.2) is 38.8 Å². The molecule has 1 aliphatic carbocycles. The molecule has 1 aliphatic rings. The maximum Gasteiger partial charge on any atom is 0.261 e. The lowest BCUT2D eigenvalue weighted by atomic mass is 9.88. The number of aliphatic hydroxyl groups is 1. The standard InChI is InChI=1S/C26H38O3Si/c1-21(27)19-28-23-17-15-22(16-18-23)20-29-30(26(2,3)4,24-11-7-5-8-12-24)25-13-9-6-10-14-25/h5-14,21-23,27H,15-20H2,1-4H3/i21D. The monoisotopic (exact) mass is 427 g/mol. The van der Waals surface area contributed by atoms with E-state index in [4.69, 9.17) is 10.5 Å². The van der Waals surface area contributed by atoms with Crippen molar-refractivity contribution in [2.45, 2.75) is 70.6 Å². The van der Waals surface area contributed by atoms with Crippen LogP contribution in [0.5, 0.6) is 0 Å². The van der Waals surface area contributed by atoms with Crippen molar-refractivity contribution in [3.8, 4) is 0 Å². The highest BCUT2D eigenvalue weighted by molar-refractivity contribution is 6.99. The van der Waals surface area contributed by atoms with E-state index >= 15 is 0 Å². The van der Waals surface area contributed by atoms with Crippen molar-refractivity contribution < 1.29 is 15.6 Å². The Bertz CT molecular complexity index is 751. The van der Waals surface area contributed by atoms with Crippen LogP contribution in [0, 0.1) is 5.92 Å². The second-order valence-corrected chi connectivity index (χ2v) is 14.0. The highest BCUT2D eigenvalue weighted by Crippen LogP contribution is 2.38. The molecular weight excluding hydrogens is 388 g/mol. The fourth-order valence-corrected chi connectivity index (χ4v) is 9.35. The molecule has 0 spiro atoms. The Morgan fingerprint density at radius 3 is 1.90 bits per heavy atom. The van der Waals surface area contributed by atoms with Gasteiger partial charge >= 0.3 is 0 Å². The molecule has 30 heavy (non-hydrogen) atoms. The van der Waals surface area contributed by atoms with Crippen molar-refractivity contribution >= 4 is 18.7 Å². The van der Waals surface area contributed by atoms with E-state index < -0.39 is 14.4 Å². The van der Waals surface area contributed by atoms with E-state index in [2.05, 4.69) is 81.4 Å². The second kappa shape index (κ2) is 10.2. The quantitative estimate of drug-likeness (QED) is 0.630. The van der Waals surface area contributed by atoms with Crippen LogP contribution in [0.15, 0.2) is 60.7 Å². The fourth-order valence-electron chi connectivity index (χ4n) is 4.71. The van der Waals surface area contributed by atoms with E-state index in [0.717, 1.165) is 32.3 Å². The SMILES string of the molecule is [2H]C(C)(O)COC1CCC(CO[Si](c2ccccc2)(c2ccccc2)C(C)(C)C)CC1. The van der Waals surface area contributed by atoms with E-state index in [1.54, 1.807) is 0 Å². The molecule has 1 N–H and O–H groups in total. The van der Waals surface area contributed by atoms with Crippen molar-refractivity contribution in [3.63, 3.8) is 0 Å². The maximum atomic E-state index is 9.59. The number of rotatable bonds is 8. The Kier molecular flexibility index (Phi) is 7.42. The summed E-state index contributed by atoms with van der Waals surface area (Å²) < 4.78 is 20.4. The zero-order valence-electron chi connectivity index (χ0n) is 19.9. The highest BCUT2D eigenvalue weighted by atomic mass is 28.4. The fraction of sp³-hybridized carbons (Fsp3) is 0.538. The van der Waals surface area contributed by atoms with Crippen LogP contribution >= 0.6 is 0 Å². The summed E-state index contributed by atoms with van der Waals surface area (Å²) in [7, 11) is -2.48. The molecule has 0 radical (unpaired) electrons. The molecule has 1 atom stereocenters. The molecule has 4 heteroatoms. The van der Waals surface area contributed by atoms with Crippen molar-refractivity contribution in [3.05, 3.63) is 60.7 Å². The first-order chi connectivity index (χ1) is 14.6. The average Bonchev–Trinajstić information content (AvgIpc) is 2.73. The van der Waals surface area contributed by atoms with Crippen molar-refractivity contribution in [1.29, 1.82) is 0 Å². The molecule has 0 amide bonds. The van der Waals surface area contributed by atoms with Gasteiger partial charge in [-0.2, -0.15) is 0 Å². The van der Waals surface area contributed by atoms with E-state index in [-0.39, 0.29) is 17.7 Å². The smallest absolute Gasteiger partial charge is 0.261 e. The third kappa shape index (κ3) is 5.41. The van der Waals surface area contributed by atoms with Crippen molar-refractivity contribution in [2.75, 3.05) is 13.2 Å². The van der Waals surface area contributed by atoms with Gasteiger partial charge in [0.25, 0.3) is 8.32 Å². The number of hydrogen-bond donors (Lipinski definition) is 1. The van der Waals surface area contributed by atoms with Gasteiger partial charge in [-0.15, -0.1) is 0 Å². The van der Waals surface area contributed by atoms with Gasteiger partial charge in [0.1, 0.15) is 0 Å². The molecule has 0 bridgehead atoms. The zero-order chi connectivity index (χ0) is 22.5.